The van der Waals surface area contributed by atoms with E-state index >= 15 is 0 Å². The number of rotatable bonds is 4. The van der Waals surface area contributed by atoms with E-state index in [1.54, 1.807) is 0 Å². The second-order valence-electron chi connectivity index (χ2n) is 6.85. The quantitative estimate of drug-likeness (QED) is 0.838. The lowest BCUT2D eigenvalue weighted by Crippen LogP contribution is -2.30. The molecule has 0 amide bonds. The van der Waals surface area contributed by atoms with Gasteiger partial charge in [0.2, 0.25) is 8.32 Å². The molecule has 4 heteroatoms. The smallest absolute Gasteiger partial charge is 0.249 e. The summed E-state index contributed by atoms with van der Waals surface area (Å²) in [5.41, 5.74) is 4.08. The predicted octanol–water partition coefficient (Wildman–Crippen LogP) is 2.88. The Balaban J connectivity index is 1.90. The number of hydrogen-bond acceptors (Lipinski definition) is 3. The van der Waals surface area contributed by atoms with Crippen LogP contribution in [0.5, 0.6) is 0 Å². The summed E-state index contributed by atoms with van der Waals surface area (Å²) in [5.74, 6) is 0. The van der Waals surface area contributed by atoms with E-state index in [0.29, 0.717) is 6.61 Å². The Morgan fingerprint density at radius 3 is 2.75 bits per heavy atom. The summed E-state index contributed by atoms with van der Waals surface area (Å²) < 4.78 is 5.99. The highest BCUT2D eigenvalue weighted by Gasteiger charge is 2.58. The van der Waals surface area contributed by atoms with Crippen LogP contribution in [-0.4, -0.2) is 32.2 Å². The van der Waals surface area contributed by atoms with Crippen molar-refractivity contribution in [3.63, 3.8) is 0 Å². The van der Waals surface area contributed by atoms with E-state index < -0.39 is 8.32 Å². The van der Waals surface area contributed by atoms with Gasteiger partial charge in [0.1, 0.15) is 0 Å². The van der Waals surface area contributed by atoms with Gasteiger partial charge in [-0.05, 0) is 55.8 Å². The van der Waals surface area contributed by atoms with Crippen molar-refractivity contribution < 1.29 is 9.53 Å². The van der Waals surface area contributed by atoms with Crippen molar-refractivity contribution in [2.75, 3.05) is 18.5 Å². The first-order valence-electron chi connectivity index (χ1n) is 7.26. The minimum atomic E-state index is -1.80. The largest absolute Gasteiger partial charge is 0.406 e. The molecule has 3 rings (SSSR count). The number of benzene rings is 1. The van der Waals surface area contributed by atoms with Crippen LogP contribution in [0.15, 0.2) is 23.4 Å². The minimum Gasteiger partial charge on any atom is -0.406 e. The number of fused-ring (bicyclic) bond motifs is 2. The predicted molar refractivity (Wildman–Crippen MR) is 85.1 cm³/mol. The molecule has 1 aromatic carbocycles. The third kappa shape index (κ3) is 2.12. The van der Waals surface area contributed by atoms with Crippen molar-refractivity contribution in [2.45, 2.75) is 39.3 Å². The molecule has 1 atom stereocenters. The summed E-state index contributed by atoms with van der Waals surface area (Å²) in [7, 11) is -1.80. The monoisotopic (exact) mass is 289 g/mol. The summed E-state index contributed by atoms with van der Waals surface area (Å²) in [6, 6.07) is 6.52. The van der Waals surface area contributed by atoms with Gasteiger partial charge in [-0.15, -0.1) is 0 Å². The van der Waals surface area contributed by atoms with Crippen molar-refractivity contribution in [3.8, 4) is 0 Å². The molecule has 0 radical (unpaired) electrons. The van der Waals surface area contributed by atoms with E-state index in [0.717, 1.165) is 6.42 Å². The van der Waals surface area contributed by atoms with Crippen molar-refractivity contribution in [3.05, 3.63) is 34.5 Å². The fourth-order valence-corrected chi connectivity index (χ4v) is 6.92. The Bertz CT molecular complexity index is 589. The molecule has 108 valence electrons. The first-order chi connectivity index (χ1) is 9.37. The number of hydrogen-bond donors (Lipinski definition) is 2. The maximum Gasteiger partial charge on any atom is 0.249 e. The van der Waals surface area contributed by atoms with Gasteiger partial charge in [-0.25, -0.2) is 0 Å². The molecule has 0 saturated heterocycles. The van der Waals surface area contributed by atoms with Gasteiger partial charge >= 0.3 is 0 Å². The molecule has 1 aromatic rings. The number of anilines is 1. The number of aliphatic hydroxyl groups is 1. The van der Waals surface area contributed by atoms with E-state index in [2.05, 4.69) is 50.8 Å². The van der Waals surface area contributed by atoms with Gasteiger partial charge in [-0.2, -0.15) is 0 Å². The molecule has 2 N–H and O–H groups in total. The van der Waals surface area contributed by atoms with Gasteiger partial charge in [0.25, 0.3) is 0 Å². The first-order valence-corrected chi connectivity index (χ1v) is 9.67. The molecule has 3 nitrogen and oxygen atoms in total. The van der Waals surface area contributed by atoms with Crippen LogP contribution >= 0.6 is 0 Å². The maximum atomic E-state index is 8.99. The van der Waals surface area contributed by atoms with Crippen LogP contribution in [0.3, 0.4) is 0 Å². The molecule has 0 saturated carbocycles. The lowest BCUT2D eigenvalue weighted by atomic mass is 10.0. The second-order valence-corrected chi connectivity index (χ2v) is 10.3. The summed E-state index contributed by atoms with van der Waals surface area (Å²) in [5, 5.41) is 15.6. The number of aliphatic hydroxyl groups excluding tert-OH is 1. The van der Waals surface area contributed by atoms with Crippen molar-refractivity contribution >= 4 is 19.2 Å². The zero-order valence-corrected chi connectivity index (χ0v) is 13.7. The zero-order chi connectivity index (χ0) is 14.5. The molecule has 1 unspecified atom stereocenters. The first kappa shape index (κ1) is 13.9. The SMILES string of the molecule is CC(C)(C)Nc1cccc2c1C1=C(C2)[Si]1(C)OCCO. The van der Waals surface area contributed by atoms with Gasteiger partial charge < -0.3 is 14.8 Å². The van der Waals surface area contributed by atoms with Crippen LogP contribution in [0.2, 0.25) is 6.55 Å². The summed E-state index contributed by atoms with van der Waals surface area (Å²) in [6.07, 6.45) is 1.04. The van der Waals surface area contributed by atoms with Crippen LogP contribution in [0, 0.1) is 0 Å². The molecule has 20 heavy (non-hydrogen) atoms. The molecular formula is C16H23NO2Si. The highest BCUT2D eigenvalue weighted by atomic mass is 28.4. The van der Waals surface area contributed by atoms with Crippen LogP contribution in [0.25, 0.3) is 5.20 Å². The molecule has 1 aliphatic carbocycles. The van der Waals surface area contributed by atoms with E-state index in [-0.39, 0.29) is 12.1 Å². The third-order valence-electron chi connectivity index (χ3n) is 4.05. The molecule has 0 spiro atoms. The van der Waals surface area contributed by atoms with E-state index in [1.165, 1.54) is 27.2 Å². The van der Waals surface area contributed by atoms with Gasteiger partial charge in [0.15, 0.2) is 0 Å². The second kappa shape index (κ2) is 4.45. The van der Waals surface area contributed by atoms with E-state index in [9.17, 15) is 0 Å². The standard InChI is InChI=1S/C16H23NO2Si/c1-16(2,3)17-12-7-5-6-11-10-13-15(14(11)12)20(13,4)19-9-8-18/h5-7,17-18H,8-10H2,1-4H3. The summed E-state index contributed by atoms with van der Waals surface area (Å²) >= 11 is 0. The minimum absolute atomic E-state index is 0.0528. The highest BCUT2D eigenvalue weighted by Crippen LogP contribution is 2.58. The molecule has 1 aliphatic heterocycles. The maximum absolute atomic E-state index is 8.99. The van der Waals surface area contributed by atoms with Gasteiger partial charge in [0.05, 0.1) is 13.2 Å². The van der Waals surface area contributed by atoms with Crippen molar-refractivity contribution in [1.82, 2.24) is 0 Å². The molecule has 2 aliphatic rings. The normalized spacial score (nSPS) is 23.6. The number of nitrogens with one attached hydrogen (secondary N) is 1. The van der Waals surface area contributed by atoms with Crippen LogP contribution in [-0.2, 0) is 10.8 Å². The fraction of sp³-hybridized carbons (Fsp3) is 0.500. The third-order valence-corrected chi connectivity index (χ3v) is 7.67. The topological polar surface area (TPSA) is 41.5 Å². The lowest BCUT2D eigenvalue weighted by molar-refractivity contribution is 0.201. The van der Waals surface area contributed by atoms with Crippen LogP contribution in [0.4, 0.5) is 5.69 Å². The van der Waals surface area contributed by atoms with Crippen molar-refractivity contribution in [2.24, 2.45) is 0 Å². The Hall–Kier alpha value is -1.10. The zero-order valence-electron chi connectivity index (χ0n) is 12.7. The summed E-state index contributed by atoms with van der Waals surface area (Å²) in [6.45, 7) is 9.37. The Morgan fingerprint density at radius 2 is 2.10 bits per heavy atom. The highest BCUT2D eigenvalue weighted by molar-refractivity contribution is 7.10. The molecule has 0 fully saturated rings. The van der Waals surface area contributed by atoms with Gasteiger partial charge in [0, 0.05) is 16.8 Å². The summed E-state index contributed by atoms with van der Waals surface area (Å²) in [4.78, 5) is 0. The molecule has 1 heterocycles. The van der Waals surface area contributed by atoms with E-state index in [1.807, 2.05) is 0 Å². The Labute approximate surface area is 121 Å². The Morgan fingerprint density at radius 1 is 1.35 bits per heavy atom. The molecule has 0 aromatic heterocycles. The number of allylic oxidation sites excluding steroid dienone is 1. The molecule has 0 bridgehead atoms. The van der Waals surface area contributed by atoms with Crippen LogP contribution < -0.4 is 5.32 Å². The Kier molecular flexibility index (Phi) is 3.08. The molecular weight excluding hydrogens is 266 g/mol. The van der Waals surface area contributed by atoms with Crippen molar-refractivity contribution in [1.29, 1.82) is 0 Å². The lowest BCUT2D eigenvalue weighted by Gasteiger charge is -2.26. The van der Waals surface area contributed by atoms with E-state index in [4.69, 9.17) is 9.53 Å². The van der Waals surface area contributed by atoms with Gasteiger partial charge in [-0.3, -0.25) is 0 Å². The van der Waals surface area contributed by atoms with Gasteiger partial charge in [-0.1, -0.05) is 12.1 Å². The average molecular weight is 289 g/mol. The van der Waals surface area contributed by atoms with Crippen LogP contribution in [0.1, 0.15) is 31.9 Å². The average Bonchev–Trinajstić information content (AvgIpc) is 2.74. The fourth-order valence-electron chi connectivity index (χ4n) is 3.22.